The molecule has 0 saturated carbocycles. The van der Waals surface area contributed by atoms with E-state index in [2.05, 4.69) is 32.8 Å². The van der Waals surface area contributed by atoms with E-state index in [1.807, 2.05) is 42.5 Å². The SMILES string of the molecule is Clc1ccc(Nc2nc(Cl)nc3scc(-c4ccccc4)c23)cc1. The van der Waals surface area contributed by atoms with Gasteiger partial charge in [0.1, 0.15) is 10.6 Å². The summed E-state index contributed by atoms with van der Waals surface area (Å²) in [7, 11) is 0. The third-order valence-corrected chi connectivity index (χ3v) is 4.89. The van der Waals surface area contributed by atoms with Crippen LogP contribution in [0, 0.1) is 0 Å². The van der Waals surface area contributed by atoms with Gasteiger partial charge in [-0.3, -0.25) is 0 Å². The molecule has 1 N–H and O–H groups in total. The van der Waals surface area contributed by atoms with E-state index in [-0.39, 0.29) is 5.28 Å². The largest absolute Gasteiger partial charge is 0.340 e. The Morgan fingerprint density at radius 3 is 2.38 bits per heavy atom. The van der Waals surface area contributed by atoms with Gasteiger partial charge in [0.15, 0.2) is 0 Å². The number of benzene rings is 2. The molecule has 0 aliphatic rings. The molecule has 0 amide bonds. The molecule has 4 rings (SSSR count). The van der Waals surface area contributed by atoms with E-state index in [0.717, 1.165) is 27.0 Å². The van der Waals surface area contributed by atoms with Crippen molar-refractivity contribution in [3.63, 3.8) is 0 Å². The smallest absolute Gasteiger partial charge is 0.225 e. The Morgan fingerprint density at radius 2 is 1.62 bits per heavy atom. The van der Waals surface area contributed by atoms with Crippen molar-refractivity contribution in [3.8, 4) is 11.1 Å². The van der Waals surface area contributed by atoms with Gasteiger partial charge in [0, 0.05) is 21.7 Å². The third kappa shape index (κ3) is 2.96. The molecule has 2 heterocycles. The monoisotopic (exact) mass is 371 g/mol. The van der Waals surface area contributed by atoms with Crippen LogP contribution in [0.2, 0.25) is 10.3 Å². The average molecular weight is 372 g/mol. The lowest BCUT2D eigenvalue weighted by atomic mass is 10.1. The lowest BCUT2D eigenvalue weighted by molar-refractivity contribution is 1.23. The molecule has 0 bridgehead atoms. The van der Waals surface area contributed by atoms with E-state index in [0.29, 0.717) is 10.8 Å². The number of nitrogens with zero attached hydrogens (tertiary/aromatic N) is 2. The molecule has 0 fully saturated rings. The molecule has 4 aromatic rings. The summed E-state index contributed by atoms with van der Waals surface area (Å²) in [6, 6.07) is 17.6. The molecule has 0 aliphatic heterocycles. The van der Waals surface area contributed by atoms with Gasteiger partial charge in [-0.25, -0.2) is 4.98 Å². The van der Waals surface area contributed by atoms with E-state index in [1.54, 1.807) is 11.3 Å². The summed E-state index contributed by atoms with van der Waals surface area (Å²) in [5.41, 5.74) is 3.10. The van der Waals surface area contributed by atoms with Crippen molar-refractivity contribution in [3.05, 3.63) is 70.3 Å². The van der Waals surface area contributed by atoms with Gasteiger partial charge in [-0.05, 0) is 41.4 Å². The number of aromatic nitrogens is 2. The summed E-state index contributed by atoms with van der Waals surface area (Å²) in [6.45, 7) is 0. The minimum atomic E-state index is 0.223. The predicted molar refractivity (Wildman–Crippen MR) is 103 cm³/mol. The fourth-order valence-electron chi connectivity index (χ4n) is 2.51. The van der Waals surface area contributed by atoms with E-state index in [1.165, 1.54) is 0 Å². The van der Waals surface area contributed by atoms with Gasteiger partial charge in [-0.2, -0.15) is 4.98 Å². The molecule has 0 saturated heterocycles. The van der Waals surface area contributed by atoms with Gasteiger partial charge >= 0.3 is 0 Å². The molecule has 2 aromatic carbocycles. The number of anilines is 2. The number of halogens is 2. The Morgan fingerprint density at radius 1 is 0.875 bits per heavy atom. The van der Waals surface area contributed by atoms with Crippen LogP contribution in [-0.4, -0.2) is 9.97 Å². The highest BCUT2D eigenvalue weighted by Gasteiger charge is 2.15. The Kier molecular flexibility index (Phi) is 4.10. The number of fused-ring (bicyclic) bond motifs is 1. The van der Waals surface area contributed by atoms with E-state index >= 15 is 0 Å². The standard InChI is InChI=1S/C18H11Cl2N3S/c19-12-6-8-13(9-7-12)21-16-15-14(11-4-2-1-3-5-11)10-24-17(15)23-18(20)22-16/h1-10H,(H,21,22,23). The minimum Gasteiger partial charge on any atom is -0.340 e. The van der Waals surface area contributed by atoms with Crippen LogP contribution in [0.5, 0.6) is 0 Å². The topological polar surface area (TPSA) is 37.8 Å². The average Bonchev–Trinajstić information content (AvgIpc) is 3.01. The Balaban J connectivity index is 1.87. The van der Waals surface area contributed by atoms with Crippen LogP contribution in [-0.2, 0) is 0 Å². The molecular weight excluding hydrogens is 361 g/mol. The minimum absolute atomic E-state index is 0.223. The molecule has 6 heteroatoms. The van der Waals surface area contributed by atoms with Crippen molar-refractivity contribution < 1.29 is 0 Å². The summed E-state index contributed by atoms with van der Waals surface area (Å²) in [5.74, 6) is 0.687. The van der Waals surface area contributed by atoms with E-state index < -0.39 is 0 Å². The van der Waals surface area contributed by atoms with Gasteiger partial charge in [0.05, 0.1) is 5.39 Å². The Labute approximate surface area is 152 Å². The van der Waals surface area contributed by atoms with Crippen LogP contribution in [0.4, 0.5) is 11.5 Å². The van der Waals surface area contributed by atoms with Crippen LogP contribution in [0.15, 0.2) is 60.0 Å². The van der Waals surface area contributed by atoms with Crippen molar-refractivity contribution in [2.45, 2.75) is 0 Å². The second-order valence-electron chi connectivity index (χ2n) is 5.17. The molecule has 0 spiro atoms. The lowest BCUT2D eigenvalue weighted by Crippen LogP contribution is -1.96. The van der Waals surface area contributed by atoms with Crippen molar-refractivity contribution in [2.75, 3.05) is 5.32 Å². The van der Waals surface area contributed by atoms with Crippen molar-refractivity contribution in [1.29, 1.82) is 0 Å². The first-order valence-electron chi connectivity index (χ1n) is 7.23. The molecule has 3 nitrogen and oxygen atoms in total. The summed E-state index contributed by atoms with van der Waals surface area (Å²) < 4.78 is 0. The maximum atomic E-state index is 6.09. The molecule has 0 unspecified atom stereocenters. The van der Waals surface area contributed by atoms with Gasteiger partial charge in [-0.1, -0.05) is 41.9 Å². The maximum Gasteiger partial charge on any atom is 0.225 e. The fourth-order valence-corrected chi connectivity index (χ4v) is 3.80. The second-order valence-corrected chi connectivity index (χ2v) is 6.80. The molecule has 24 heavy (non-hydrogen) atoms. The highest BCUT2D eigenvalue weighted by Crippen LogP contribution is 2.38. The molecular formula is C18H11Cl2N3S. The number of rotatable bonds is 3. The highest BCUT2D eigenvalue weighted by molar-refractivity contribution is 7.17. The van der Waals surface area contributed by atoms with E-state index in [9.17, 15) is 0 Å². The third-order valence-electron chi connectivity index (χ3n) is 3.60. The predicted octanol–water partition coefficient (Wildman–Crippen LogP) is 6.41. The molecule has 0 radical (unpaired) electrons. The van der Waals surface area contributed by atoms with Crippen LogP contribution in [0.1, 0.15) is 0 Å². The zero-order chi connectivity index (χ0) is 16.5. The van der Waals surface area contributed by atoms with Gasteiger partial charge in [0.25, 0.3) is 0 Å². The summed E-state index contributed by atoms with van der Waals surface area (Å²) >= 11 is 13.6. The number of hydrogen-bond acceptors (Lipinski definition) is 4. The number of hydrogen-bond donors (Lipinski definition) is 1. The summed E-state index contributed by atoms with van der Waals surface area (Å²) in [4.78, 5) is 9.60. The highest BCUT2D eigenvalue weighted by atomic mass is 35.5. The second kappa shape index (κ2) is 6.40. The van der Waals surface area contributed by atoms with Crippen LogP contribution in [0.25, 0.3) is 21.3 Å². The van der Waals surface area contributed by atoms with Crippen molar-refractivity contribution in [2.24, 2.45) is 0 Å². The number of thiophene rings is 1. The Hall–Kier alpha value is -2.14. The van der Waals surface area contributed by atoms with Crippen molar-refractivity contribution >= 4 is 56.3 Å². The van der Waals surface area contributed by atoms with Gasteiger partial charge in [-0.15, -0.1) is 11.3 Å². The van der Waals surface area contributed by atoms with Crippen LogP contribution in [0.3, 0.4) is 0 Å². The first-order chi connectivity index (χ1) is 11.7. The quantitative estimate of drug-likeness (QED) is 0.422. The zero-order valence-electron chi connectivity index (χ0n) is 12.3. The molecule has 0 atom stereocenters. The number of nitrogens with one attached hydrogen (secondary N) is 1. The summed E-state index contributed by atoms with van der Waals surface area (Å²) in [6.07, 6.45) is 0. The van der Waals surface area contributed by atoms with E-state index in [4.69, 9.17) is 23.2 Å². The van der Waals surface area contributed by atoms with Gasteiger partial charge < -0.3 is 5.32 Å². The summed E-state index contributed by atoms with van der Waals surface area (Å²) in [5, 5.41) is 7.28. The lowest BCUT2D eigenvalue weighted by Gasteiger charge is -2.09. The first kappa shape index (κ1) is 15.4. The molecule has 2 aromatic heterocycles. The Bertz CT molecular complexity index is 998. The normalized spacial score (nSPS) is 10.9. The molecule has 118 valence electrons. The zero-order valence-corrected chi connectivity index (χ0v) is 14.7. The van der Waals surface area contributed by atoms with Crippen LogP contribution < -0.4 is 5.32 Å². The molecule has 0 aliphatic carbocycles. The first-order valence-corrected chi connectivity index (χ1v) is 8.87. The van der Waals surface area contributed by atoms with Gasteiger partial charge in [0.2, 0.25) is 5.28 Å². The van der Waals surface area contributed by atoms with Crippen LogP contribution >= 0.6 is 34.5 Å². The van der Waals surface area contributed by atoms with Crippen molar-refractivity contribution in [1.82, 2.24) is 9.97 Å². The maximum absolute atomic E-state index is 6.09. The fraction of sp³-hybridized carbons (Fsp3) is 0.